The predicted octanol–water partition coefficient (Wildman–Crippen LogP) is 4.15. The summed E-state index contributed by atoms with van der Waals surface area (Å²) in [4.78, 5) is 12.1. The molecule has 2 rings (SSSR count). The molecule has 0 aliphatic rings. The number of benzene rings is 2. The van der Waals surface area contributed by atoms with E-state index in [1.807, 2.05) is 31.2 Å². The van der Waals surface area contributed by atoms with Crippen molar-refractivity contribution >= 4 is 24.0 Å². The minimum atomic E-state index is -0.331. The maximum Gasteiger partial charge on any atom is 0.224 e. The molecule has 0 aliphatic carbocycles. The van der Waals surface area contributed by atoms with E-state index in [0.29, 0.717) is 25.2 Å². The molecule has 6 heteroatoms. The SMILES string of the molecule is CCNCc1ccccc1NC(=O)CCCOc1cccc(F)c1.Cl. The summed E-state index contributed by atoms with van der Waals surface area (Å²) >= 11 is 0. The number of para-hydroxylation sites is 1. The van der Waals surface area contributed by atoms with Crippen molar-refractivity contribution in [2.24, 2.45) is 0 Å². The van der Waals surface area contributed by atoms with Crippen LogP contribution in [0.2, 0.25) is 0 Å². The van der Waals surface area contributed by atoms with Crippen molar-refractivity contribution in [2.45, 2.75) is 26.3 Å². The molecular weight excluding hydrogens is 343 g/mol. The second-order valence-corrected chi connectivity index (χ2v) is 5.40. The zero-order valence-corrected chi connectivity index (χ0v) is 15.1. The fraction of sp³-hybridized carbons (Fsp3) is 0.316. The smallest absolute Gasteiger partial charge is 0.224 e. The molecule has 0 aliphatic heterocycles. The number of amides is 1. The standard InChI is InChI=1S/C19H23FN2O2.ClH/c1-2-21-14-15-7-3-4-10-18(15)22-19(23)11-6-12-24-17-9-5-8-16(20)13-17;/h3-5,7-10,13,21H,2,6,11-12,14H2,1H3,(H,22,23);1H. The molecule has 136 valence electrons. The molecule has 0 saturated heterocycles. The van der Waals surface area contributed by atoms with Gasteiger partial charge < -0.3 is 15.4 Å². The highest BCUT2D eigenvalue weighted by molar-refractivity contribution is 5.91. The molecule has 0 unspecified atom stereocenters. The van der Waals surface area contributed by atoms with E-state index in [4.69, 9.17) is 4.74 Å². The molecule has 0 aromatic heterocycles. The molecule has 0 atom stereocenters. The monoisotopic (exact) mass is 366 g/mol. The van der Waals surface area contributed by atoms with Crippen LogP contribution in [0.4, 0.5) is 10.1 Å². The van der Waals surface area contributed by atoms with Crippen LogP contribution in [0.25, 0.3) is 0 Å². The van der Waals surface area contributed by atoms with Crippen molar-refractivity contribution in [1.29, 1.82) is 0 Å². The van der Waals surface area contributed by atoms with Crippen LogP contribution in [0, 0.1) is 5.82 Å². The van der Waals surface area contributed by atoms with E-state index < -0.39 is 0 Å². The van der Waals surface area contributed by atoms with Gasteiger partial charge in [0, 0.05) is 24.7 Å². The van der Waals surface area contributed by atoms with Crippen molar-refractivity contribution in [3.63, 3.8) is 0 Å². The second kappa shape index (κ2) is 11.4. The van der Waals surface area contributed by atoms with Crippen molar-refractivity contribution in [2.75, 3.05) is 18.5 Å². The summed E-state index contributed by atoms with van der Waals surface area (Å²) < 4.78 is 18.5. The first-order valence-electron chi connectivity index (χ1n) is 8.16. The van der Waals surface area contributed by atoms with E-state index in [0.717, 1.165) is 24.3 Å². The zero-order chi connectivity index (χ0) is 17.2. The Kier molecular flexibility index (Phi) is 9.58. The number of carbonyl (C=O) groups is 1. The number of rotatable bonds is 9. The van der Waals surface area contributed by atoms with Gasteiger partial charge in [0.05, 0.1) is 6.61 Å². The van der Waals surface area contributed by atoms with Crippen molar-refractivity contribution in [3.8, 4) is 5.75 Å². The van der Waals surface area contributed by atoms with Gasteiger partial charge in [0.1, 0.15) is 11.6 Å². The van der Waals surface area contributed by atoms with Crippen LogP contribution < -0.4 is 15.4 Å². The highest BCUT2D eigenvalue weighted by Crippen LogP contribution is 2.16. The summed E-state index contributed by atoms with van der Waals surface area (Å²) in [5.41, 5.74) is 1.89. The van der Waals surface area contributed by atoms with E-state index in [1.165, 1.54) is 12.1 Å². The Balaban J connectivity index is 0.00000312. The lowest BCUT2D eigenvalue weighted by Crippen LogP contribution is -2.17. The van der Waals surface area contributed by atoms with Crippen LogP contribution in [0.15, 0.2) is 48.5 Å². The lowest BCUT2D eigenvalue weighted by molar-refractivity contribution is -0.116. The largest absolute Gasteiger partial charge is 0.493 e. The van der Waals surface area contributed by atoms with Crippen LogP contribution in [0.1, 0.15) is 25.3 Å². The number of carbonyl (C=O) groups excluding carboxylic acids is 1. The Labute approximate surface area is 154 Å². The van der Waals surface area contributed by atoms with Gasteiger partial charge >= 0.3 is 0 Å². The Morgan fingerprint density at radius 2 is 1.96 bits per heavy atom. The van der Waals surface area contributed by atoms with E-state index in [1.54, 1.807) is 12.1 Å². The number of hydrogen-bond acceptors (Lipinski definition) is 3. The average Bonchev–Trinajstić information content (AvgIpc) is 2.58. The topological polar surface area (TPSA) is 50.4 Å². The van der Waals surface area contributed by atoms with Gasteiger partial charge in [0.2, 0.25) is 5.91 Å². The number of nitrogens with one attached hydrogen (secondary N) is 2. The van der Waals surface area contributed by atoms with Gasteiger partial charge in [-0.1, -0.05) is 31.2 Å². The van der Waals surface area contributed by atoms with Crippen molar-refractivity contribution < 1.29 is 13.9 Å². The summed E-state index contributed by atoms with van der Waals surface area (Å²) in [6.07, 6.45) is 0.919. The lowest BCUT2D eigenvalue weighted by Gasteiger charge is -2.11. The molecule has 2 N–H and O–H groups in total. The zero-order valence-electron chi connectivity index (χ0n) is 14.3. The summed E-state index contributed by atoms with van der Waals surface area (Å²) in [5, 5.41) is 6.18. The molecule has 0 fully saturated rings. The highest BCUT2D eigenvalue weighted by atomic mass is 35.5. The van der Waals surface area contributed by atoms with E-state index in [9.17, 15) is 9.18 Å². The first-order chi connectivity index (χ1) is 11.7. The Hall–Kier alpha value is -2.11. The van der Waals surface area contributed by atoms with Crippen molar-refractivity contribution in [3.05, 3.63) is 59.9 Å². The predicted molar refractivity (Wildman–Crippen MR) is 101 cm³/mol. The van der Waals surface area contributed by atoms with Gasteiger partial charge in [-0.05, 0) is 36.7 Å². The third-order valence-electron chi connectivity index (χ3n) is 3.47. The average molecular weight is 367 g/mol. The van der Waals surface area contributed by atoms with E-state index >= 15 is 0 Å². The Morgan fingerprint density at radius 3 is 2.72 bits per heavy atom. The third-order valence-corrected chi connectivity index (χ3v) is 3.47. The Bertz CT molecular complexity index is 667. The van der Waals surface area contributed by atoms with E-state index in [-0.39, 0.29) is 24.1 Å². The summed E-state index contributed by atoms with van der Waals surface area (Å²) in [7, 11) is 0. The number of anilines is 1. The first kappa shape index (κ1) is 20.9. The number of hydrogen-bond donors (Lipinski definition) is 2. The minimum Gasteiger partial charge on any atom is -0.493 e. The quantitative estimate of drug-likeness (QED) is 0.655. The summed E-state index contributed by atoms with van der Waals surface area (Å²) in [6.45, 7) is 4.01. The van der Waals surface area contributed by atoms with E-state index in [2.05, 4.69) is 10.6 Å². The Morgan fingerprint density at radius 1 is 1.16 bits per heavy atom. The molecule has 0 bridgehead atoms. The van der Waals surface area contributed by atoms with Crippen LogP contribution in [0.3, 0.4) is 0 Å². The molecule has 0 heterocycles. The third kappa shape index (κ3) is 7.54. The first-order valence-corrected chi connectivity index (χ1v) is 8.16. The second-order valence-electron chi connectivity index (χ2n) is 5.40. The normalized spacial score (nSPS) is 10.0. The maximum atomic E-state index is 13.0. The van der Waals surface area contributed by atoms with Gasteiger partial charge in [0.15, 0.2) is 0 Å². The van der Waals surface area contributed by atoms with Gasteiger partial charge in [-0.25, -0.2) is 4.39 Å². The minimum absolute atomic E-state index is 0. The van der Waals surface area contributed by atoms with Crippen LogP contribution in [-0.2, 0) is 11.3 Å². The fourth-order valence-electron chi connectivity index (χ4n) is 2.25. The molecule has 2 aromatic rings. The molecule has 2 aromatic carbocycles. The van der Waals surface area contributed by atoms with Crippen LogP contribution in [0.5, 0.6) is 5.75 Å². The molecule has 0 saturated carbocycles. The molecule has 25 heavy (non-hydrogen) atoms. The lowest BCUT2D eigenvalue weighted by atomic mass is 10.1. The fourth-order valence-corrected chi connectivity index (χ4v) is 2.25. The van der Waals surface area contributed by atoms with Gasteiger partial charge in [-0.3, -0.25) is 4.79 Å². The number of halogens is 2. The molecular formula is C19H24ClFN2O2. The molecule has 1 amide bonds. The van der Waals surface area contributed by atoms with Crippen LogP contribution >= 0.6 is 12.4 Å². The molecule has 0 radical (unpaired) electrons. The van der Waals surface area contributed by atoms with Crippen LogP contribution in [-0.4, -0.2) is 19.1 Å². The summed E-state index contributed by atoms with van der Waals surface area (Å²) in [5.74, 6) is 0.0933. The highest BCUT2D eigenvalue weighted by Gasteiger charge is 2.06. The number of ether oxygens (including phenoxy) is 1. The summed E-state index contributed by atoms with van der Waals surface area (Å²) in [6, 6.07) is 13.7. The van der Waals surface area contributed by atoms with Gasteiger partial charge in [-0.2, -0.15) is 0 Å². The van der Waals surface area contributed by atoms with Gasteiger partial charge in [0.25, 0.3) is 0 Å². The van der Waals surface area contributed by atoms with Gasteiger partial charge in [-0.15, -0.1) is 12.4 Å². The van der Waals surface area contributed by atoms with Crippen molar-refractivity contribution in [1.82, 2.24) is 5.32 Å². The maximum absolute atomic E-state index is 13.0. The molecule has 4 nitrogen and oxygen atoms in total. The molecule has 0 spiro atoms.